The number of hydrogen-bond donors (Lipinski definition) is 2. The molecule has 182 valence electrons. The molecule has 1 aliphatic rings. The van der Waals surface area contributed by atoms with Crippen LogP contribution in [0.2, 0.25) is 0 Å². The largest absolute Gasteiger partial charge is 0.326 e. The summed E-state index contributed by atoms with van der Waals surface area (Å²) in [4.78, 5) is 25.7. The highest BCUT2D eigenvalue weighted by molar-refractivity contribution is 9.10. The molecule has 0 aromatic heterocycles. The average Bonchev–Trinajstić information content (AvgIpc) is 2.85. The summed E-state index contributed by atoms with van der Waals surface area (Å²) >= 11 is 6.66. The van der Waals surface area contributed by atoms with Crippen LogP contribution in [-0.2, 0) is 14.8 Å². The molecule has 0 aliphatic carbocycles. The summed E-state index contributed by atoms with van der Waals surface area (Å²) in [6.45, 7) is 0.490. The van der Waals surface area contributed by atoms with E-state index in [0.717, 1.165) is 8.95 Å². The number of nitrogens with one attached hydrogen (secondary N) is 2. The van der Waals surface area contributed by atoms with Gasteiger partial charge in [0, 0.05) is 39.0 Å². The monoisotopic (exact) mass is 619 g/mol. The van der Waals surface area contributed by atoms with Gasteiger partial charge in [0.2, 0.25) is 15.9 Å². The fourth-order valence-electron chi connectivity index (χ4n) is 3.85. The molecule has 1 atom stereocenters. The first kappa shape index (κ1) is 25.6. The van der Waals surface area contributed by atoms with Crippen LogP contribution in [0, 0.1) is 5.92 Å². The third-order valence-corrected chi connectivity index (χ3v) is 8.64. The number of hydrogen-bond acceptors (Lipinski definition) is 4. The number of carbonyl (C=O) groups is 2. The predicted octanol–water partition coefficient (Wildman–Crippen LogP) is 5.50. The first-order chi connectivity index (χ1) is 16.7. The topological polar surface area (TPSA) is 95.6 Å². The minimum atomic E-state index is -3.69. The van der Waals surface area contributed by atoms with Crippen LogP contribution in [0.3, 0.4) is 0 Å². The van der Waals surface area contributed by atoms with Crippen molar-refractivity contribution < 1.29 is 18.0 Å². The van der Waals surface area contributed by atoms with Crippen LogP contribution in [0.15, 0.2) is 86.6 Å². The van der Waals surface area contributed by atoms with Crippen molar-refractivity contribution in [2.45, 2.75) is 17.7 Å². The van der Waals surface area contributed by atoms with Crippen molar-refractivity contribution in [3.05, 3.63) is 87.3 Å². The minimum absolute atomic E-state index is 0.115. The molecule has 2 amide bonds. The van der Waals surface area contributed by atoms with Crippen molar-refractivity contribution in [1.29, 1.82) is 0 Å². The average molecular weight is 621 g/mol. The normalized spacial score (nSPS) is 16.5. The lowest BCUT2D eigenvalue weighted by atomic mass is 9.98. The van der Waals surface area contributed by atoms with E-state index in [1.165, 1.54) is 4.31 Å². The molecule has 7 nitrogen and oxygen atoms in total. The highest BCUT2D eigenvalue weighted by Gasteiger charge is 2.33. The number of piperidine rings is 1. The number of sulfonamides is 1. The summed E-state index contributed by atoms with van der Waals surface area (Å²) in [5.41, 5.74) is 1.58. The van der Waals surface area contributed by atoms with Crippen molar-refractivity contribution in [1.82, 2.24) is 4.31 Å². The van der Waals surface area contributed by atoms with Gasteiger partial charge in [-0.15, -0.1) is 0 Å². The number of anilines is 2. The van der Waals surface area contributed by atoms with Crippen molar-refractivity contribution in [2.24, 2.45) is 5.92 Å². The summed E-state index contributed by atoms with van der Waals surface area (Å²) in [6.07, 6.45) is 1.19. The van der Waals surface area contributed by atoms with E-state index < -0.39 is 15.9 Å². The Morgan fingerprint density at radius 3 is 2.11 bits per heavy atom. The van der Waals surface area contributed by atoms with Gasteiger partial charge in [0.05, 0.1) is 10.8 Å². The molecule has 1 aliphatic heterocycles. The van der Waals surface area contributed by atoms with Crippen LogP contribution in [0.5, 0.6) is 0 Å². The maximum atomic E-state index is 13.0. The quantitative estimate of drug-likeness (QED) is 0.380. The lowest BCUT2D eigenvalue weighted by Gasteiger charge is -2.31. The molecule has 0 radical (unpaired) electrons. The number of halogens is 2. The molecule has 0 bridgehead atoms. The third-order valence-electron chi connectivity index (χ3n) is 5.70. The standard InChI is InChI=1S/C25H23Br2N3O4S/c26-19-8-6-17(7-9-19)24(31)28-21-4-1-5-22(15-21)29-25(32)18-3-2-14-30(16-18)35(33,34)23-12-10-20(27)11-13-23/h1,4-13,15,18H,2-3,14,16H2,(H,28,31)(H,29,32). The second-order valence-corrected chi connectivity index (χ2v) is 12.0. The van der Waals surface area contributed by atoms with Gasteiger partial charge in [-0.25, -0.2) is 8.42 Å². The van der Waals surface area contributed by atoms with Gasteiger partial charge < -0.3 is 10.6 Å². The predicted molar refractivity (Wildman–Crippen MR) is 143 cm³/mol. The van der Waals surface area contributed by atoms with E-state index in [9.17, 15) is 18.0 Å². The molecule has 0 saturated carbocycles. The van der Waals surface area contributed by atoms with Crippen LogP contribution >= 0.6 is 31.9 Å². The van der Waals surface area contributed by atoms with Gasteiger partial charge in [-0.3, -0.25) is 9.59 Å². The summed E-state index contributed by atoms with van der Waals surface area (Å²) in [5, 5.41) is 5.69. The Bertz CT molecular complexity index is 1330. The van der Waals surface area contributed by atoms with E-state index >= 15 is 0 Å². The Balaban J connectivity index is 1.40. The number of rotatable bonds is 6. The number of nitrogens with zero attached hydrogens (tertiary/aromatic N) is 1. The van der Waals surface area contributed by atoms with Crippen LogP contribution < -0.4 is 10.6 Å². The van der Waals surface area contributed by atoms with Crippen LogP contribution in [0.25, 0.3) is 0 Å². The molecule has 4 rings (SSSR count). The maximum Gasteiger partial charge on any atom is 0.255 e. The smallest absolute Gasteiger partial charge is 0.255 e. The molecule has 35 heavy (non-hydrogen) atoms. The van der Waals surface area contributed by atoms with Crippen molar-refractivity contribution in [3.63, 3.8) is 0 Å². The van der Waals surface area contributed by atoms with E-state index in [-0.39, 0.29) is 23.3 Å². The van der Waals surface area contributed by atoms with E-state index in [4.69, 9.17) is 0 Å². The fraction of sp³-hybridized carbons (Fsp3) is 0.200. The van der Waals surface area contributed by atoms with Crippen LogP contribution in [0.1, 0.15) is 23.2 Å². The van der Waals surface area contributed by atoms with Crippen LogP contribution in [-0.4, -0.2) is 37.6 Å². The first-order valence-electron chi connectivity index (χ1n) is 11.0. The zero-order valence-corrected chi connectivity index (χ0v) is 22.6. The van der Waals surface area contributed by atoms with Gasteiger partial charge in [-0.1, -0.05) is 37.9 Å². The van der Waals surface area contributed by atoms with Crippen molar-refractivity contribution in [3.8, 4) is 0 Å². The Morgan fingerprint density at radius 2 is 1.46 bits per heavy atom. The Labute approximate surface area is 221 Å². The molecular formula is C25H23Br2N3O4S. The van der Waals surface area contributed by atoms with Crippen molar-refractivity contribution >= 4 is 65.1 Å². The van der Waals surface area contributed by atoms with Gasteiger partial charge in [0.25, 0.3) is 5.91 Å². The van der Waals surface area contributed by atoms with Gasteiger partial charge in [-0.2, -0.15) is 4.31 Å². The summed E-state index contributed by atoms with van der Waals surface area (Å²) in [6, 6.07) is 20.3. The Morgan fingerprint density at radius 1 is 0.857 bits per heavy atom. The van der Waals surface area contributed by atoms with E-state index in [1.807, 2.05) is 0 Å². The minimum Gasteiger partial charge on any atom is -0.326 e. The highest BCUT2D eigenvalue weighted by Crippen LogP contribution is 2.26. The molecule has 10 heteroatoms. The van der Waals surface area contributed by atoms with E-state index in [2.05, 4.69) is 42.5 Å². The summed E-state index contributed by atoms with van der Waals surface area (Å²) in [5.74, 6) is -0.992. The molecule has 1 unspecified atom stereocenters. The van der Waals surface area contributed by atoms with E-state index in [1.54, 1.807) is 72.8 Å². The Hall–Kier alpha value is -2.53. The molecule has 3 aromatic carbocycles. The Kier molecular flexibility index (Phi) is 8.05. The second kappa shape index (κ2) is 11.0. The van der Waals surface area contributed by atoms with Crippen molar-refractivity contribution in [2.75, 3.05) is 23.7 Å². The van der Waals surface area contributed by atoms with Gasteiger partial charge in [0.1, 0.15) is 0 Å². The highest BCUT2D eigenvalue weighted by atomic mass is 79.9. The zero-order chi connectivity index (χ0) is 25.0. The maximum absolute atomic E-state index is 13.0. The summed E-state index contributed by atoms with van der Waals surface area (Å²) in [7, 11) is -3.69. The lowest BCUT2D eigenvalue weighted by molar-refractivity contribution is -0.120. The van der Waals surface area contributed by atoms with Gasteiger partial charge in [0.15, 0.2) is 0 Å². The SMILES string of the molecule is O=C(Nc1cccc(NC(=O)C2CCCN(S(=O)(=O)c3ccc(Br)cc3)C2)c1)c1ccc(Br)cc1. The van der Waals surface area contributed by atoms with Gasteiger partial charge in [-0.05, 0) is 79.6 Å². The van der Waals surface area contributed by atoms with Gasteiger partial charge >= 0.3 is 0 Å². The fourth-order valence-corrected chi connectivity index (χ4v) is 5.91. The molecule has 1 saturated heterocycles. The number of benzene rings is 3. The molecule has 3 aromatic rings. The van der Waals surface area contributed by atoms with Crippen LogP contribution in [0.4, 0.5) is 11.4 Å². The zero-order valence-electron chi connectivity index (χ0n) is 18.6. The van der Waals surface area contributed by atoms with E-state index in [0.29, 0.717) is 36.3 Å². The molecule has 1 fully saturated rings. The number of amides is 2. The number of carbonyl (C=O) groups excluding carboxylic acids is 2. The molecule has 0 spiro atoms. The second-order valence-electron chi connectivity index (χ2n) is 8.19. The third kappa shape index (κ3) is 6.38. The molecule has 1 heterocycles. The first-order valence-corrected chi connectivity index (χ1v) is 14.0. The molecular weight excluding hydrogens is 598 g/mol. The molecule has 2 N–H and O–H groups in total. The summed E-state index contributed by atoms with van der Waals surface area (Å²) < 4.78 is 29.1. The lowest BCUT2D eigenvalue weighted by Crippen LogP contribution is -2.43.